The van der Waals surface area contributed by atoms with Gasteiger partial charge >= 0.3 is 0 Å². The van der Waals surface area contributed by atoms with Gasteiger partial charge in [0.15, 0.2) is 0 Å². The van der Waals surface area contributed by atoms with Gasteiger partial charge in [0.25, 0.3) is 0 Å². The highest BCUT2D eigenvalue weighted by Crippen LogP contribution is 2.25. The number of nitrogens with zero attached hydrogens (tertiary/aromatic N) is 1. The van der Waals surface area contributed by atoms with Gasteiger partial charge in [0, 0.05) is 19.8 Å². The number of hydrogen-bond donors (Lipinski definition) is 1. The van der Waals surface area contributed by atoms with Crippen molar-refractivity contribution in [1.82, 2.24) is 4.31 Å². The molecule has 1 fully saturated rings. The first kappa shape index (κ1) is 15.8. The topological polar surface area (TPSA) is 72.6 Å². The van der Waals surface area contributed by atoms with Crippen LogP contribution in [0.4, 0.5) is 0 Å². The Labute approximate surface area is 115 Å². The lowest BCUT2D eigenvalue weighted by Crippen LogP contribution is -2.44. The molecule has 0 spiro atoms. The largest absolute Gasteiger partial charge is 0.392 e. The molecule has 7 heteroatoms. The fourth-order valence-corrected chi connectivity index (χ4v) is 4.24. The molecule has 0 bridgehead atoms. The van der Waals surface area contributed by atoms with Crippen molar-refractivity contribution >= 4 is 27.2 Å². The van der Waals surface area contributed by atoms with Gasteiger partial charge in [-0.2, -0.15) is 4.31 Å². The molecule has 0 amide bonds. The first-order chi connectivity index (χ1) is 8.47. The molecule has 0 saturated heterocycles. The maximum absolute atomic E-state index is 12.3. The van der Waals surface area contributed by atoms with Gasteiger partial charge in [-0.25, -0.2) is 8.42 Å². The molecule has 18 heavy (non-hydrogen) atoms. The van der Waals surface area contributed by atoms with Crippen molar-refractivity contribution in [2.75, 3.05) is 26.0 Å². The van der Waals surface area contributed by atoms with Crippen LogP contribution < -0.4 is 5.73 Å². The van der Waals surface area contributed by atoms with Crippen LogP contribution in [-0.4, -0.2) is 49.8 Å². The number of methoxy groups -OCH3 is 1. The minimum absolute atomic E-state index is 0.0686. The van der Waals surface area contributed by atoms with Crippen LogP contribution in [0.15, 0.2) is 0 Å². The first-order valence-corrected chi connectivity index (χ1v) is 8.26. The second-order valence-electron chi connectivity index (χ2n) is 4.61. The maximum atomic E-state index is 12.3. The third kappa shape index (κ3) is 4.79. The van der Waals surface area contributed by atoms with Crippen molar-refractivity contribution in [2.45, 2.75) is 38.1 Å². The van der Waals surface area contributed by atoms with E-state index in [2.05, 4.69) is 0 Å². The molecule has 0 unspecified atom stereocenters. The van der Waals surface area contributed by atoms with E-state index in [4.69, 9.17) is 22.7 Å². The summed E-state index contributed by atoms with van der Waals surface area (Å²) in [4.78, 5) is 0.234. The maximum Gasteiger partial charge on any atom is 0.214 e. The standard InChI is InChI=1S/C11H22N2O3S2/c1-16-7-4-8-18(14,15)13(9-11(12)17)10-5-2-3-6-10/h10H,2-9H2,1H3,(H2,12,17). The zero-order valence-electron chi connectivity index (χ0n) is 10.8. The molecule has 106 valence electrons. The number of hydrogen-bond acceptors (Lipinski definition) is 4. The third-order valence-electron chi connectivity index (χ3n) is 3.15. The molecular weight excluding hydrogens is 272 g/mol. The van der Waals surface area contributed by atoms with E-state index in [9.17, 15) is 8.42 Å². The van der Waals surface area contributed by atoms with Crippen molar-refractivity contribution in [3.05, 3.63) is 0 Å². The highest BCUT2D eigenvalue weighted by Gasteiger charge is 2.31. The van der Waals surface area contributed by atoms with E-state index in [1.807, 2.05) is 0 Å². The van der Waals surface area contributed by atoms with E-state index in [-0.39, 0.29) is 23.3 Å². The molecule has 0 aromatic rings. The Hall–Kier alpha value is -0.240. The molecule has 0 aliphatic heterocycles. The van der Waals surface area contributed by atoms with Gasteiger partial charge in [0.05, 0.1) is 17.3 Å². The predicted molar refractivity (Wildman–Crippen MR) is 76.0 cm³/mol. The lowest BCUT2D eigenvalue weighted by atomic mass is 10.2. The molecule has 0 radical (unpaired) electrons. The van der Waals surface area contributed by atoms with Crippen molar-refractivity contribution in [3.63, 3.8) is 0 Å². The fraction of sp³-hybridized carbons (Fsp3) is 0.909. The van der Waals surface area contributed by atoms with E-state index in [1.54, 1.807) is 7.11 Å². The number of ether oxygens (including phenoxy) is 1. The van der Waals surface area contributed by atoms with E-state index >= 15 is 0 Å². The summed E-state index contributed by atoms with van der Waals surface area (Å²) < 4.78 is 31.0. The van der Waals surface area contributed by atoms with Gasteiger partial charge < -0.3 is 10.5 Å². The Bertz CT molecular complexity index is 364. The number of thiocarbonyl (C=S) groups is 1. The van der Waals surface area contributed by atoms with E-state index in [0.717, 1.165) is 25.7 Å². The van der Waals surface area contributed by atoms with Crippen LogP contribution in [-0.2, 0) is 14.8 Å². The molecular formula is C11H22N2O3S2. The summed E-state index contributed by atoms with van der Waals surface area (Å²) in [5.74, 6) is 0.0972. The number of rotatable bonds is 8. The molecule has 0 aromatic heterocycles. The monoisotopic (exact) mass is 294 g/mol. The summed E-state index contributed by atoms with van der Waals surface area (Å²) in [6.45, 7) is 0.611. The first-order valence-electron chi connectivity index (χ1n) is 6.24. The molecule has 2 N–H and O–H groups in total. The summed E-state index contributed by atoms with van der Waals surface area (Å²) in [6.07, 6.45) is 4.47. The van der Waals surface area contributed by atoms with Gasteiger partial charge in [0.1, 0.15) is 0 Å². The smallest absolute Gasteiger partial charge is 0.214 e. The zero-order chi connectivity index (χ0) is 13.6. The molecule has 1 saturated carbocycles. The van der Waals surface area contributed by atoms with Crippen LogP contribution in [0.3, 0.4) is 0 Å². The van der Waals surface area contributed by atoms with Crippen molar-refractivity contribution in [1.29, 1.82) is 0 Å². The van der Waals surface area contributed by atoms with Crippen molar-refractivity contribution in [3.8, 4) is 0 Å². The molecule has 1 aliphatic rings. The second-order valence-corrected chi connectivity index (χ2v) is 7.18. The predicted octanol–water partition coefficient (Wildman–Crippen LogP) is 0.883. The van der Waals surface area contributed by atoms with E-state index < -0.39 is 10.0 Å². The normalized spacial score (nSPS) is 17.4. The lowest BCUT2D eigenvalue weighted by Gasteiger charge is -2.27. The molecule has 0 aromatic carbocycles. The third-order valence-corrected chi connectivity index (χ3v) is 5.23. The highest BCUT2D eigenvalue weighted by atomic mass is 32.2. The van der Waals surface area contributed by atoms with Crippen LogP contribution in [0.2, 0.25) is 0 Å². The molecule has 1 aliphatic carbocycles. The van der Waals surface area contributed by atoms with Crippen molar-refractivity contribution < 1.29 is 13.2 Å². The van der Waals surface area contributed by atoms with Crippen LogP contribution >= 0.6 is 12.2 Å². The molecule has 1 rings (SSSR count). The average Bonchev–Trinajstić information content (AvgIpc) is 2.78. The van der Waals surface area contributed by atoms with Crippen LogP contribution in [0.5, 0.6) is 0 Å². The summed E-state index contributed by atoms with van der Waals surface area (Å²) in [5.41, 5.74) is 5.51. The lowest BCUT2D eigenvalue weighted by molar-refractivity contribution is 0.199. The Balaban J connectivity index is 2.70. The van der Waals surface area contributed by atoms with Gasteiger partial charge in [-0.15, -0.1) is 0 Å². The van der Waals surface area contributed by atoms with Crippen molar-refractivity contribution in [2.24, 2.45) is 5.73 Å². The minimum atomic E-state index is -3.29. The summed E-state index contributed by atoms with van der Waals surface area (Å²) in [7, 11) is -1.72. The average molecular weight is 294 g/mol. The van der Waals surface area contributed by atoms with E-state index in [1.165, 1.54) is 4.31 Å². The number of nitrogens with two attached hydrogens (primary N) is 1. The summed E-state index contributed by atoms with van der Waals surface area (Å²) in [6, 6.07) is 0.0686. The molecule has 5 nitrogen and oxygen atoms in total. The fourth-order valence-electron chi connectivity index (χ4n) is 2.30. The SMILES string of the molecule is COCCCS(=O)(=O)N(CC(N)=S)C1CCCC1. The Morgan fingerprint density at radius 3 is 2.56 bits per heavy atom. The van der Waals surface area contributed by atoms with E-state index in [0.29, 0.717) is 13.0 Å². The minimum Gasteiger partial charge on any atom is -0.392 e. The number of sulfonamides is 1. The zero-order valence-corrected chi connectivity index (χ0v) is 12.4. The molecule has 0 atom stereocenters. The summed E-state index contributed by atoms with van der Waals surface area (Å²) >= 11 is 4.86. The van der Waals surface area contributed by atoms with Crippen LogP contribution in [0.25, 0.3) is 0 Å². The Morgan fingerprint density at radius 2 is 2.06 bits per heavy atom. The van der Waals surface area contributed by atoms with Crippen LogP contribution in [0, 0.1) is 0 Å². The van der Waals surface area contributed by atoms with Crippen LogP contribution in [0.1, 0.15) is 32.1 Å². The van der Waals surface area contributed by atoms with Gasteiger partial charge in [-0.05, 0) is 19.3 Å². The second kappa shape index (κ2) is 7.37. The Kier molecular flexibility index (Phi) is 6.48. The van der Waals surface area contributed by atoms with Gasteiger partial charge in [0.2, 0.25) is 10.0 Å². The highest BCUT2D eigenvalue weighted by molar-refractivity contribution is 7.89. The molecule has 0 heterocycles. The van der Waals surface area contributed by atoms with Gasteiger partial charge in [-0.3, -0.25) is 0 Å². The van der Waals surface area contributed by atoms with Gasteiger partial charge in [-0.1, -0.05) is 25.1 Å². The quantitative estimate of drug-likeness (QED) is 0.531. The Morgan fingerprint density at radius 1 is 1.44 bits per heavy atom. The summed E-state index contributed by atoms with van der Waals surface area (Å²) in [5, 5.41) is 0.